The number of halogens is 1. The molecule has 0 saturated carbocycles. The van der Waals surface area contributed by atoms with Crippen LogP contribution in [0.5, 0.6) is 11.5 Å². The quantitative estimate of drug-likeness (QED) is 0.438. The van der Waals surface area contributed by atoms with Crippen LogP contribution in [0.15, 0.2) is 62.2 Å². The summed E-state index contributed by atoms with van der Waals surface area (Å²) in [5.41, 5.74) is 2.19. The number of aliphatic carboxylic acids is 1. The van der Waals surface area contributed by atoms with Gasteiger partial charge in [-0.25, -0.2) is 5.01 Å². The normalized spacial score (nSPS) is 12.2. The SMILES string of the molecule is CC(C)C[C@@H](C(=O)O)N(C)NC(=O)c1cc(=O)c2c(Oc3ccccc3Br)cccc2o1. The predicted octanol–water partition coefficient (Wildman–Crippen LogP) is 4.42. The van der Waals surface area contributed by atoms with Crippen molar-refractivity contribution in [2.75, 3.05) is 7.05 Å². The lowest BCUT2D eigenvalue weighted by Crippen LogP contribution is -2.50. The Labute approximate surface area is 192 Å². The molecule has 168 valence electrons. The van der Waals surface area contributed by atoms with Crippen LogP contribution >= 0.6 is 15.9 Å². The first-order valence-electron chi connectivity index (χ1n) is 9.93. The third kappa shape index (κ3) is 5.35. The highest BCUT2D eigenvalue weighted by atomic mass is 79.9. The van der Waals surface area contributed by atoms with Gasteiger partial charge in [0.05, 0.1) is 4.47 Å². The topological polar surface area (TPSA) is 109 Å². The zero-order chi connectivity index (χ0) is 23.4. The Hall–Kier alpha value is -3.17. The molecule has 0 aliphatic rings. The molecule has 3 rings (SSSR count). The molecule has 0 radical (unpaired) electrons. The number of nitrogens with one attached hydrogen (secondary N) is 1. The van der Waals surface area contributed by atoms with Crippen LogP contribution in [0, 0.1) is 5.92 Å². The van der Waals surface area contributed by atoms with Crippen LogP contribution in [0.4, 0.5) is 0 Å². The van der Waals surface area contributed by atoms with Crippen molar-refractivity contribution >= 4 is 38.8 Å². The van der Waals surface area contributed by atoms with E-state index in [-0.39, 0.29) is 28.4 Å². The Morgan fingerprint density at radius 2 is 1.84 bits per heavy atom. The summed E-state index contributed by atoms with van der Waals surface area (Å²) in [6, 6.07) is 12.2. The van der Waals surface area contributed by atoms with Crippen LogP contribution in [-0.2, 0) is 4.79 Å². The van der Waals surface area contributed by atoms with Crippen LogP contribution in [0.2, 0.25) is 0 Å². The molecule has 0 saturated heterocycles. The van der Waals surface area contributed by atoms with E-state index in [4.69, 9.17) is 9.15 Å². The molecule has 9 heteroatoms. The van der Waals surface area contributed by atoms with E-state index in [0.717, 1.165) is 10.5 Å². The minimum atomic E-state index is -1.06. The summed E-state index contributed by atoms with van der Waals surface area (Å²) in [6.07, 6.45) is 0.337. The Balaban J connectivity index is 1.89. The molecule has 1 amide bonds. The molecule has 0 bridgehead atoms. The molecule has 0 aliphatic carbocycles. The fourth-order valence-corrected chi connectivity index (χ4v) is 3.55. The summed E-state index contributed by atoms with van der Waals surface area (Å²) >= 11 is 3.40. The molecule has 8 nitrogen and oxygen atoms in total. The number of fused-ring (bicyclic) bond motifs is 1. The lowest BCUT2D eigenvalue weighted by molar-refractivity contribution is -0.144. The molecule has 0 unspecified atom stereocenters. The second-order valence-corrected chi connectivity index (χ2v) is 8.53. The van der Waals surface area contributed by atoms with Crippen molar-refractivity contribution in [2.45, 2.75) is 26.3 Å². The number of benzene rings is 2. The minimum Gasteiger partial charge on any atom is -0.480 e. The molecule has 1 aromatic heterocycles. The van der Waals surface area contributed by atoms with Crippen LogP contribution in [-0.4, -0.2) is 35.1 Å². The number of amides is 1. The highest BCUT2D eigenvalue weighted by Gasteiger charge is 2.26. The maximum atomic E-state index is 12.8. The van der Waals surface area contributed by atoms with Gasteiger partial charge in [-0.3, -0.25) is 19.8 Å². The maximum Gasteiger partial charge on any atom is 0.322 e. The van der Waals surface area contributed by atoms with Gasteiger partial charge >= 0.3 is 11.9 Å². The molecule has 1 atom stereocenters. The number of carboxylic acids is 1. The van der Waals surface area contributed by atoms with Gasteiger partial charge in [0, 0.05) is 13.1 Å². The van der Waals surface area contributed by atoms with Crippen LogP contribution in [0.3, 0.4) is 0 Å². The van der Waals surface area contributed by atoms with E-state index in [2.05, 4.69) is 21.4 Å². The number of hydrogen-bond acceptors (Lipinski definition) is 6. The Morgan fingerprint density at radius 1 is 1.16 bits per heavy atom. The summed E-state index contributed by atoms with van der Waals surface area (Å²) in [7, 11) is 1.46. The first-order valence-corrected chi connectivity index (χ1v) is 10.7. The van der Waals surface area contributed by atoms with Crippen LogP contribution in [0.1, 0.15) is 30.8 Å². The van der Waals surface area contributed by atoms with E-state index >= 15 is 0 Å². The highest BCUT2D eigenvalue weighted by molar-refractivity contribution is 9.10. The van der Waals surface area contributed by atoms with E-state index in [1.807, 2.05) is 26.0 Å². The average molecular weight is 503 g/mol. The smallest absolute Gasteiger partial charge is 0.322 e. The van der Waals surface area contributed by atoms with Crippen LogP contribution < -0.4 is 15.6 Å². The molecule has 3 aromatic rings. The summed E-state index contributed by atoms with van der Waals surface area (Å²) in [6.45, 7) is 3.78. The van der Waals surface area contributed by atoms with Gasteiger partial charge in [-0.05, 0) is 52.5 Å². The van der Waals surface area contributed by atoms with E-state index < -0.39 is 23.3 Å². The zero-order valence-electron chi connectivity index (χ0n) is 17.8. The van der Waals surface area contributed by atoms with Gasteiger partial charge in [0.15, 0.2) is 11.2 Å². The Kier molecular flexibility index (Phi) is 7.32. The van der Waals surface area contributed by atoms with Crippen LogP contribution in [0.25, 0.3) is 11.0 Å². The molecule has 0 spiro atoms. The first kappa shape index (κ1) is 23.5. The Morgan fingerprint density at radius 3 is 2.50 bits per heavy atom. The number of carbonyl (C=O) groups is 2. The van der Waals surface area contributed by atoms with E-state index in [1.165, 1.54) is 12.1 Å². The molecule has 0 fully saturated rings. The number of carbonyl (C=O) groups excluding carboxylic acids is 1. The van der Waals surface area contributed by atoms with Crippen molar-refractivity contribution < 1.29 is 23.8 Å². The monoisotopic (exact) mass is 502 g/mol. The summed E-state index contributed by atoms with van der Waals surface area (Å²) in [4.78, 5) is 37.1. The standard InChI is InChI=1S/C23H23BrN2O6/c1-13(2)11-15(23(29)30)26(3)25-22(28)20-12-16(27)21-18(9-6-10-19(21)32-20)31-17-8-5-4-7-14(17)24/h4-10,12-13,15H,11H2,1-3H3,(H,25,28)(H,29,30)/t15-/m0/s1. The van der Waals surface area contributed by atoms with Crippen molar-refractivity contribution in [1.29, 1.82) is 0 Å². The summed E-state index contributed by atoms with van der Waals surface area (Å²) < 4.78 is 12.3. The zero-order valence-corrected chi connectivity index (χ0v) is 19.4. The second-order valence-electron chi connectivity index (χ2n) is 7.67. The molecule has 2 N–H and O–H groups in total. The minimum absolute atomic E-state index is 0.108. The van der Waals surface area contributed by atoms with Crippen molar-refractivity contribution in [3.8, 4) is 11.5 Å². The highest BCUT2D eigenvalue weighted by Crippen LogP contribution is 2.32. The van der Waals surface area contributed by atoms with Gasteiger partial charge < -0.3 is 14.3 Å². The predicted molar refractivity (Wildman–Crippen MR) is 123 cm³/mol. The fourth-order valence-electron chi connectivity index (χ4n) is 3.19. The maximum absolute atomic E-state index is 12.8. The van der Waals surface area contributed by atoms with Crippen molar-refractivity contribution in [2.24, 2.45) is 5.92 Å². The number of hydrazine groups is 1. The summed E-state index contributed by atoms with van der Waals surface area (Å²) in [5.74, 6) is -1.10. The lowest BCUT2D eigenvalue weighted by Gasteiger charge is -2.26. The third-order valence-electron chi connectivity index (χ3n) is 4.72. The van der Waals surface area contributed by atoms with Crippen molar-refractivity contribution in [3.05, 3.63) is 69.0 Å². The van der Waals surface area contributed by atoms with Crippen molar-refractivity contribution in [1.82, 2.24) is 10.4 Å². The molecule has 0 aliphatic heterocycles. The van der Waals surface area contributed by atoms with E-state index in [9.17, 15) is 19.5 Å². The molecule has 1 heterocycles. The molecule has 2 aromatic carbocycles. The number of likely N-dealkylation sites (N-methyl/N-ethyl adjacent to an activating group) is 1. The van der Waals surface area contributed by atoms with Gasteiger partial charge in [0.1, 0.15) is 28.5 Å². The van der Waals surface area contributed by atoms with E-state index in [1.54, 1.807) is 30.3 Å². The van der Waals surface area contributed by atoms with Gasteiger partial charge in [0.25, 0.3) is 0 Å². The van der Waals surface area contributed by atoms with Gasteiger partial charge in [-0.15, -0.1) is 0 Å². The number of para-hydroxylation sites is 1. The summed E-state index contributed by atoms with van der Waals surface area (Å²) in [5, 5.41) is 10.8. The second kappa shape index (κ2) is 9.97. The number of ether oxygens (including phenoxy) is 1. The van der Waals surface area contributed by atoms with Crippen molar-refractivity contribution in [3.63, 3.8) is 0 Å². The van der Waals surface area contributed by atoms with Gasteiger partial charge in [-0.2, -0.15) is 0 Å². The molecule has 32 heavy (non-hydrogen) atoms. The lowest BCUT2D eigenvalue weighted by atomic mass is 10.0. The largest absolute Gasteiger partial charge is 0.480 e. The number of nitrogens with zero attached hydrogens (tertiary/aromatic N) is 1. The first-order chi connectivity index (χ1) is 15.2. The van der Waals surface area contributed by atoms with E-state index in [0.29, 0.717) is 12.2 Å². The molecular weight excluding hydrogens is 480 g/mol. The van der Waals surface area contributed by atoms with Gasteiger partial charge in [-0.1, -0.05) is 32.0 Å². The fraction of sp³-hybridized carbons (Fsp3) is 0.261. The number of rotatable bonds is 8. The van der Waals surface area contributed by atoms with Gasteiger partial charge in [0.2, 0.25) is 0 Å². The third-order valence-corrected chi connectivity index (χ3v) is 5.38. The molecular formula is C23H23BrN2O6. The number of hydrogen-bond donors (Lipinski definition) is 2. The Bertz CT molecular complexity index is 1210. The average Bonchev–Trinajstić information content (AvgIpc) is 2.73. The number of carboxylic acid groups (broad SMARTS) is 1.